The minimum Gasteiger partial charge on any atom is -0.507 e. The van der Waals surface area contributed by atoms with E-state index in [1.165, 1.54) is 4.90 Å². The van der Waals surface area contributed by atoms with Gasteiger partial charge in [0.05, 0.1) is 32.4 Å². The first kappa shape index (κ1) is 27.8. The molecule has 1 amide bonds. The van der Waals surface area contributed by atoms with E-state index in [2.05, 4.69) is 0 Å². The number of carbonyl (C=O) groups excluding carboxylic acids is 2. The van der Waals surface area contributed by atoms with Crippen LogP contribution in [0.15, 0.2) is 66.2 Å². The molecule has 1 aliphatic rings. The molecule has 1 unspecified atom stereocenters. The van der Waals surface area contributed by atoms with Gasteiger partial charge in [-0.05, 0) is 72.9 Å². The molecule has 204 valence electrons. The van der Waals surface area contributed by atoms with Crippen molar-refractivity contribution in [2.75, 3.05) is 25.7 Å². The number of benzene rings is 3. The molecule has 0 spiro atoms. The molecule has 4 rings (SSSR count). The van der Waals surface area contributed by atoms with E-state index in [0.717, 1.165) is 11.1 Å². The molecule has 7 heteroatoms. The van der Waals surface area contributed by atoms with Gasteiger partial charge in [-0.3, -0.25) is 14.5 Å². The Hall–Kier alpha value is -4.26. The molecule has 3 aromatic carbocycles. The molecule has 1 N–H and O–H groups in total. The van der Waals surface area contributed by atoms with Gasteiger partial charge in [-0.2, -0.15) is 0 Å². The first-order valence-electron chi connectivity index (χ1n) is 12.9. The fourth-order valence-electron chi connectivity index (χ4n) is 4.92. The monoisotopic (exact) mass is 529 g/mol. The number of rotatable bonds is 7. The number of Topliss-reactive ketones (excluding diaryl/α,β-unsaturated/α-hetero) is 1. The number of aryl methyl sites for hydroxylation is 1. The van der Waals surface area contributed by atoms with Crippen LogP contribution >= 0.6 is 0 Å². The highest BCUT2D eigenvalue weighted by Crippen LogP contribution is 2.45. The summed E-state index contributed by atoms with van der Waals surface area (Å²) in [4.78, 5) is 28.6. The van der Waals surface area contributed by atoms with Crippen LogP contribution in [0.4, 0.5) is 5.69 Å². The standard InChI is InChI=1S/C32H35NO6/c1-8-39-26-18-20(12-15-25(26)38-7)28-27(30(35)31(36)33(28)22-11-9-10-19(2)16-22)29(34)21-13-14-24(37-6)23(17-21)32(3,4)5/h9-18,28,34H,8H2,1-7H3/b29-27+. The van der Waals surface area contributed by atoms with Crippen LogP contribution < -0.4 is 19.1 Å². The molecule has 1 fully saturated rings. The molecule has 1 aliphatic heterocycles. The van der Waals surface area contributed by atoms with Crippen molar-refractivity contribution in [2.45, 2.75) is 46.1 Å². The number of nitrogens with zero attached hydrogens (tertiary/aromatic N) is 1. The summed E-state index contributed by atoms with van der Waals surface area (Å²) in [6, 6.07) is 17.0. The lowest BCUT2D eigenvalue weighted by molar-refractivity contribution is -0.132. The third-order valence-electron chi connectivity index (χ3n) is 6.81. The van der Waals surface area contributed by atoms with Crippen LogP contribution in [0.25, 0.3) is 5.76 Å². The molecule has 0 saturated carbocycles. The third kappa shape index (κ3) is 5.21. The Morgan fingerprint density at radius 2 is 1.62 bits per heavy atom. The molecule has 1 atom stereocenters. The van der Waals surface area contributed by atoms with Crippen molar-refractivity contribution in [3.05, 3.63) is 88.5 Å². The van der Waals surface area contributed by atoms with Crippen molar-refractivity contribution >= 4 is 23.1 Å². The summed E-state index contributed by atoms with van der Waals surface area (Å²) < 4.78 is 16.8. The van der Waals surface area contributed by atoms with E-state index in [9.17, 15) is 14.7 Å². The predicted molar refractivity (Wildman–Crippen MR) is 152 cm³/mol. The number of ketones is 1. The lowest BCUT2D eigenvalue weighted by Crippen LogP contribution is -2.29. The lowest BCUT2D eigenvalue weighted by Gasteiger charge is -2.27. The molecule has 1 heterocycles. The van der Waals surface area contributed by atoms with Crippen LogP contribution in [-0.2, 0) is 15.0 Å². The zero-order chi connectivity index (χ0) is 28.5. The molecule has 1 saturated heterocycles. The Balaban J connectivity index is 1.99. The third-order valence-corrected chi connectivity index (χ3v) is 6.81. The number of hydrogen-bond acceptors (Lipinski definition) is 6. The van der Waals surface area contributed by atoms with E-state index in [1.54, 1.807) is 50.6 Å². The highest BCUT2D eigenvalue weighted by Gasteiger charge is 2.47. The number of hydrogen-bond donors (Lipinski definition) is 1. The number of amides is 1. The fourth-order valence-corrected chi connectivity index (χ4v) is 4.92. The molecular formula is C32H35NO6. The van der Waals surface area contributed by atoms with Crippen molar-refractivity contribution in [1.29, 1.82) is 0 Å². The van der Waals surface area contributed by atoms with Crippen molar-refractivity contribution in [2.24, 2.45) is 0 Å². The smallest absolute Gasteiger partial charge is 0.300 e. The minimum absolute atomic E-state index is 0.000789. The maximum Gasteiger partial charge on any atom is 0.300 e. The molecule has 3 aromatic rings. The Labute approximate surface area is 229 Å². The van der Waals surface area contributed by atoms with Gasteiger partial charge in [0, 0.05) is 16.8 Å². The Morgan fingerprint density at radius 3 is 2.23 bits per heavy atom. The van der Waals surface area contributed by atoms with E-state index in [0.29, 0.717) is 40.7 Å². The highest BCUT2D eigenvalue weighted by atomic mass is 16.5. The van der Waals surface area contributed by atoms with Gasteiger partial charge in [0.2, 0.25) is 0 Å². The number of aliphatic hydroxyl groups is 1. The number of anilines is 1. The SMILES string of the molecule is CCOc1cc(C2/C(=C(\O)c3ccc(OC)c(C(C)(C)C)c3)C(=O)C(=O)N2c2cccc(C)c2)ccc1OC. The highest BCUT2D eigenvalue weighted by molar-refractivity contribution is 6.51. The second-order valence-electron chi connectivity index (χ2n) is 10.5. The second-order valence-corrected chi connectivity index (χ2v) is 10.5. The van der Waals surface area contributed by atoms with Crippen molar-refractivity contribution < 1.29 is 28.9 Å². The van der Waals surface area contributed by atoms with E-state index < -0.39 is 17.7 Å². The second kappa shape index (κ2) is 10.8. The van der Waals surface area contributed by atoms with Gasteiger partial charge >= 0.3 is 0 Å². The van der Waals surface area contributed by atoms with Gasteiger partial charge in [-0.15, -0.1) is 0 Å². The quantitative estimate of drug-likeness (QED) is 0.219. The van der Waals surface area contributed by atoms with Crippen molar-refractivity contribution in [3.8, 4) is 17.2 Å². The number of methoxy groups -OCH3 is 2. The molecule has 0 bridgehead atoms. The summed E-state index contributed by atoms with van der Waals surface area (Å²) in [5, 5.41) is 11.7. The van der Waals surface area contributed by atoms with Crippen LogP contribution in [-0.4, -0.2) is 37.6 Å². The first-order valence-corrected chi connectivity index (χ1v) is 12.9. The van der Waals surface area contributed by atoms with Crippen LogP contribution in [0.3, 0.4) is 0 Å². The van der Waals surface area contributed by atoms with E-state index in [1.807, 2.05) is 58.9 Å². The summed E-state index contributed by atoms with van der Waals surface area (Å²) in [6.45, 7) is 10.3. The molecule has 0 aromatic heterocycles. The summed E-state index contributed by atoms with van der Waals surface area (Å²) in [6.07, 6.45) is 0. The zero-order valence-corrected chi connectivity index (χ0v) is 23.5. The summed E-state index contributed by atoms with van der Waals surface area (Å²) in [5.74, 6) is -0.0565. The van der Waals surface area contributed by atoms with Gasteiger partial charge in [0.25, 0.3) is 11.7 Å². The van der Waals surface area contributed by atoms with Gasteiger partial charge in [0.1, 0.15) is 11.5 Å². The molecule has 39 heavy (non-hydrogen) atoms. The first-order chi connectivity index (χ1) is 18.5. The van der Waals surface area contributed by atoms with Crippen LogP contribution in [0, 0.1) is 6.92 Å². The predicted octanol–water partition coefficient (Wildman–Crippen LogP) is 6.33. The van der Waals surface area contributed by atoms with Gasteiger partial charge in [-0.25, -0.2) is 0 Å². The number of aliphatic hydroxyl groups excluding tert-OH is 1. The molecule has 0 aliphatic carbocycles. The Kier molecular flexibility index (Phi) is 7.72. The summed E-state index contributed by atoms with van der Waals surface area (Å²) >= 11 is 0. The molecular weight excluding hydrogens is 494 g/mol. The van der Waals surface area contributed by atoms with Gasteiger partial charge < -0.3 is 19.3 Å². The minimum atomic E-state index is -0.892. The topological polar surface area (TPSA) is 85.3 Å². The zero-order valence-electron chi connectivity index (χ0n) is 23.5. The van der Waals surface area contributed by atoms with E-state index >= 15 is 0 Å². The van der Waals surface area contributed by atoms with Crippen molar-refractivity contribution in [3.63, 3.8) is 0 Å². The fraction of sp³-hybridized carbons (Fsp3) is 0.312. The van der Waals surface area contributed by atoms with E-state index in [-0.39, 0.29) is 16.7 Å². The largest absolute Gasteiger partial charge is 0.507 e. The molecule has 0 radical (unpaired) electrons. The average molecular weight is 530 g/mol. The van der Waals surface area contributed by atoms with Crippen LogP contribution in [0.2, 0.25) is 0 Å². The lowest BCUT2D eigenvalue weighted by atomic mass is 9.84. The van der Waals surface area contributed by atoms with Gasteiger partial charge in [-0.1, -0.05) is 39.0 Å². The maximum atomic E-state index is 13.6. The van der Waals surface area contributed by atoms with Crippen molar-refractivity contribution in [1.82, 2.24) is 0 Å². The van der Waals surface area contributed by atoms with E-state index in [4.69, 9.17) is 14.2 Å². The van der Waals surface area contributed by atoms with Crippen LogP contribution in [0.1, 0.15) is 56.0 Å². The number of ether oxygens (including phenoxy) is 3. The normalized spacial score (nSPS) is 16.9. The maximum absolute atomic E-state index is 13.6. The summed E-state index contributed by atoms with van der Waals surface area (Å²) in [5.41, 5.74) is 3.08. The summed E-state index contributed by atoms with van der Waals surface area (Å²) in [7, 11) is 3.14. The number of carbonyl (C=O) groups is 2. The van der Waals surface area contributed by atoms with Crippen LogP contribution in [0.5, 0.6) is 17.2 Å². The Morgan fingerprint density at radius 1 is 0.923 bits per heavy atom. The average Bonchev–Trinajstić information content (AvgIpc) is 3.17. The Bertz CT molecular complexity index is 1450. The molecule has 7 nitrogen and oxygen atoms in total. The van der Waals surface area contributed by atoms with Gasteiger partial charge in [0.15, 0.2) is 11.5 Å².